The standard InChI is InChI=1S/C12H19N3S/c1-15-5-2-9(6-15)11-14-10(7-16-11)12(8-13)3-4-12/h7,9H,2-6,8,13H2,1H3. The largest absolute Gasteiger partial charge is 0.330 e. The Labute approximate surface area is 101 Å². The minimum absolute atomic E-state index is 0.263. The second kappa shape index (κ2) is 3.79. The van der Waals surface area contributed by atoms with Crippen molar-refractivity contribution in [2.75, 3.05) is 26.7 Å². The maximum absolute atomic E-state index is 5.84. The van der Waals surface area contributed by atoms with Crippen molar-refractivity contribution >= 4 is 11.3 Å². The Morgan fingerprint density at radius 3 is 3.00 bits per heavy atom. The molecule has 2 N–H and O–H groups in total. The number of likely N-dealkylation sites (N-methyl/N-ethyl adjacent to an activating group) is 1. The van der Waals surface area contributed by atoms with Gasteiger partial charge in [-0.15, -0.1) is 11.3 Å². The topological polar surface area (TPSA) is 42.2 Å². The van der Waals surface area contributed by atoms with Crippen LogP contribution in [0.2, 0.25) is 0 Å². The summed E-state index contributed by atoms with van der Waals surface area (Å²) in [5.74, 6) is 0.664. The molecule has 1 aromatic heterocycles. The van der Waals surface area contributed by atoms with E-state index in [1.54, 1.807) is 0 Å². The first kappa shape index (κ1) is 10.7. The summed E-state index contributed by atoms with van der Waals surface area (Å²) >= 11 is 1.84. The van der Waals surface area contributed by atoms with E-state index < -0.39 is 0 Å². The molecular formula is C12H19N3S. The molecule has 1 saturated carbocycles. The van der Waals surface area contributed by atoms with Crippen molar-refractivity contribution < 1.29 is 0 Å². The molecule has 4 heteroatoms. The van der Waals surface area contributed by atoms with Gasteiger partial charge in [0.05, 0.1) is 10.7 Å². The quantitative estimate of drug-likeness (QED) is 0.867. The fourth-order valence-corrected chi connectivity index (χ4v) is 3.64. The van der Waals surface area contributed by atoms with Crippen LogP contribution in [-0.4, -0.2) is 36.6 Å². The highest BCUT2D eigenvalue weighted by Gasteiger charge is 2.45. The number of nitrogens with zero attached hydrogens (tertiary/aromatic N) is 2. The fraction of sp³-hybridized carbons (Fsp3) is 0.750. The second-order valence-corrected chi connectivity index (χ2v) is 6.19. The molecule has 1 saturated heterocycles. The van der Waals surface area contributed by atoms with Gasteiger partial charge in [0.2, 0.25) is 0 Å². The van der Waals surface area contributed by atoms with Crippen molar-refractivity contribution in [3.63, 3.8) is 0 Å². The van der Waals surface area contributed by atoms with Gasteiger partial charge in [-0.25, -0.2) is 4.98 Å². The van der Waals surface area contributed by atoms with E-state index in [0.29, 0.717) is 5.92 Å². The highest BCUT2D eigenvalue weighted by atomic mass is 32.1. The average molecular weight is 237 g/mol. The predicted molar refractivity (Wildman–Crippen MR) is 66.9 cm³/mol. The van der Waals surface area contributed by atoms with E-state index in [2.05, 4.69) is 17.3 Å². The number of likely N-dealkylation sites (tertiary alicyclic amines) is 1. The predicted octanol–water partition coefficient (Wildman–Crippen LogP) is 1.55. The lowest BCUT2D eigenvalue weighted by molar-refractivity contribution is 0.411. The lowest BCUT2D eigenvalue weighted by Crippen LogP contribution is -2.20. The summed E-state index contributed by atoms with van der Waals surface area (Å²) < 4.78 is 0. The molecule has 1 atom stereocenters. The normalized spacial score (nSPS) is 28.5. The van der Waals surface area contributed by atoms with Crippen LogP contribution in [0.5, 0.6) is 0 Å². The summed E-state index contributed by atoms with van der Waals surface area (Å²) in [6, 6.07) is 0. The van der Waals surface area contributed by atoms with Crippen LogP contribution in [0.1, 0.15) is 35.9 Å². The molecule has 0 bridgehead atoms. The zero-order chi connectivity index (χ0) is 11.2. The number of nitrogens with two attached hydrogens (primary N) is 1. The SMILES string of the molecule is CN1CCC(c2nc(C3(CN)CC3)cs2)C1. The summed E-state index contributed by atoms with van der Waals surface area (Å²) in [4.78, 5) is 7.23. The Morgan fingerprint density at radius 1 is 1.62 bits per heavy atom. The zero-order valence-electron chi connectivity index (χ0n) is 9.78. The first-order valence-electron chi connectivity index (χ1n) is 6.08. The van der Waals surface area contributed by atoms with Crippen molar-refractivity contribution in [1.82, 2.24) is 9.88 Å². The molecule has 0 radical (unpaired) electrons. The highest BCUT2D eigenvalue weighted by Crippen LogP contribution is 2.47. The summed E-state index contributed by atoms with van der Waals surface area (Å²) in [5, 5.41) is 3.58. The smallest absolute Gasteiger partial charge is 0.0972 e. The van der Waals surface area contributed by atoms with Gasteiger partial charge >= 0.3 is 0 Å². The maximum Gasteiger partial charge on any atom is 0.0972 e. The summed E-state index contributed by atoms with van der Waals surface area (Å²) in [5.41, 5.74) is 7.37. The van der Waals surface area contributed by atoms with Crippen molar-refractivity contribution in [2.45, 2.75) is 30.6 Å². The Balaban J connectivity index is 1.78. The molecule has 1 aliphatic carbocycles. The van der Waals surface area contributed by atoms with Crippen molar-refractivity contribution in [3.8, 4) is 0 Å². The molecule has 3 nitrogen and oxygen atoms in total. The molecule has 2 fully saturated rings. The first-order valence-corrected chi connectivity index (χ1v) is 6.96. The Morgan fingerprint density at radius 2 is 2.44 bits per heavy atom. The molecule has 16 heavy (non-hydrogen) atoms. The van der Waals surface area contributed by atoms with E-state index in [1.807, 2.05) is 11.3 Å². The molecule has 0 aromatic carbocycles. The third-order valence-electron chi connectivity index (χ3n) is 4.05. The van der Waals surface area contributed by atoms with E-state index in [1.165, 1.54) is 43.1 Å². The van der Waals surface area contributed by atoms with Gasteiger partial charge in [-0.1, -0.05) is 0 Å². The van der Waals surface area contributed by atoms with E-state index in [0.717, 1.165) is 6.54 Å². The van der Waals surface area contributed by atoms with Crippen LogP contribution in [0, 0.1) is 0 Å². The lowest BCUT2D eigenvalue weighted by atomic mass is 10.0. The first-order chi connectivity index (χ1) is 7.73. The van der Waals surface area contributed by atoms with Gasteiger partial charge < -0.3 is 10.6 Å². The van der Waals surface area contributed by atoms with Gasteiger partial charge in [-0.2, -0.15) is 0 Å². The zero-order valence-corrected chi connectivity index (χ0v) is 10.6. The number of hydrogen-bond donors (Lipinski definition) is 1. The molecule has 1 aromatic rings. The monoisotopic (exact) mass is 237 g/mol. The van der Waals surface area contributed by atoms with Crippen molar-refractivity contribution in [2.24, 2.45) is 5.73 Å². The number of thiazole rings is 1. The summed E-state index contributed by atoms with van der Waals surface area (Å²) in [7, 11) is 2.19. The van der Waals surface area contributed by atoms with Gasteiger partial charge in [-0.05, 0) is 32.9 Å². The molecule has 1 aliphatic heterocycles. The van der Waals surface area contributed by atoms with E-state index in [4.69, 9.17) is 10.7 Å². The van der Waals surface area contributed by atoms with Crippen LogP contribution < -0.4 is 5.73 Å². The summed E-state index contributed by atoms with van der Waals surface area (Å²) in [6.07, 6.45) is 3.73. The average Bonchev–Trinajstić information content (AvgIpc) is 2.74. The van der Waals surface area contributed by atoms with E-state index in [-0.39, 0.29) is 5.41 Å². The minimum Gasteiger partial charge on any atom is -0.330 e. The van der Waals surface area contributed by atoms with Gasteiger partial charge in [0, 0.05) is 29.8 Å². The van der Waals surface area contributed by atoms with Gasteiger partial charge in [0.25, 0.3) is 0 Å². The van der Waals surface area contributed by atoms with E-state index >= 15 is 0 Å². The number of hydrogen-bond acceptors (Lipinski definition) is 4. The maximum atomic E-state index is 5.84. The minimum atomic E-state index is 0.263. The summed E-state index contributed by atoms with van der Waals surface area (Å²) in [6.45, 7) is 3.14. The Bertz CT molecular complexity index is 383. The van der Waals surface area contributed by atoms with Crippen LogP contribution >= 0.6 is 11.3 Å². The molecule has 88 valence electrons. The molecular weight excluding hydrogens is 218 g/mol. The third kappa shape index (κ3) is 1.69. The Hall–Kier alpha value is -0.450. The molecule has 0 amide bonds. The molecule has 2 aliphatic rings. The Kier molecular flexibility index (Phi) is 2.53. The van der Waals surface area contributed by atoms with Gasteiger partial charge in [0.15, 0.2) is 0 Å². The van der Waals surface area contributed by atoms with Crippen LogP contribution in [0.3, 0.4) is 0 Å². The lowest BCUT2D eigenvalue weighted by Gasteiger charge is -2.09. The highest BCUT2D eigenvalue weighted by molar-refractivity contribution is 7.09. The van der Waals surface area contributed by atoms with Crippen molar-refractivity contribution in [3.05, 3.63) is 16.1 Å². The molecule has 1 unspecified atom stereocenters. The number of aromatic nitrogens is 1. The molecule has 2 heterocycles. The third-order valence-corrected chi connectivity index (χ3v) is 5.06. The number of rotatable bonds is 3. The van der Waals surface area contributed by atoms with Crippen LogP contribution in [0.15, 0.2) is 5.38 Å². The van der Waals surface area contributed by atoms with Gasteiger partial charge in [-0.3, -0.25) is 0 Å². The van der Waals surface area contributed by atoms with Crippen LogP contribution in [-0.2, 0) is 5.41 Å². The second-order valence-electron chi connectivity index (χ2n) is 5.30. The fourth-order valence-electron chi connectivity index (χ4n) is 2.57. The van der Waals surface area contributed by atoms with Crippen molar-refractivity contribution in [1.29, 1.82) is 0 Å². The molecule has 0 spiro atoms. The molecule has 3 rings (SSSR count). The van der Waals surface area contributed by atoms with Crippen LogP contribution in [0.25, 0.3) is 0 Å². The van der Waals surface area contributed by atoms with E-state index in [9.17, 15) is 0 Å². The van der Waals surface area contributed by atoms with Gasteiger partial charge in [0.1, 0.15) is 0 Å². The van der Waals surface area contributed by atoms with Crippen LogP contribution in [0.4, 0.5) is 0 Å².